The highest BCUT2D eigenvalue weighted by molar-refractivity contribution is 9.10. The van der Waals surface area contributed by atoms with Crippen LogP contribution in [0.5, 0.6) is 0 Å². The lowest BCUT2D eigenvalue weighted by Crippen LogP contribution is -2.23. The molecule has 0 saturated heterocycles. The number of hydrogen-bond acceptors (Lipinski definition) is 3. The number of nitrogens with zero attached hydrogens (tertiary/aromatic N) is 2. The zero-order valence-corrected chi connectivity index (χ0v) is 13.0. The number of carbonyl (C=O) groups is 1. The highest BCUT2D eigenvalue weighted by atomic mass is 79.9. The van der Waals surface area contributed by atoms with Gasteiger partial charge in [-0.3, -0.25) is 4.79 Å². The molecule has 2 aromatic rings. The third kappa shape index (κ3) is 2.62. The Labute approximate surface area is 127 Å². The molecule has 0 bridgehead atoms. The third-order valence-corrected chi connectivity index (χ3v) is 3.82. The maximum atomic E-state index is 11.7. The zero-order chi connectivity index (χ0) is 15.0. The Bertz CT molecular complexity index is 771. The number of carboxylic acid groups (broad SMARTS) is 1. The second kappa shape index (κ2) is 5.38. The van der Waals surface area contributed by atoms with Gasteiger partial charge in [-0.25, -0.2) is 9.48 Å². The smallest absolute Gasteiger partial charge is 0.360 e. The van der Waals surface area contributed by atoms with Crippen molar-refractivity contribution < 1.29 is 9.90 Å². The van der Waals surface area contributed by atoms with Gasteiger partial charge in [-0.15, -0.1) is 0 Å². The van der Waals surface area contributed by atoms with Crippen molar-refractivity contribution in [1.29, 1.82) is 0 Å². The molecule has 0 aliphatic rings. The number of carboxylic acids is 1. The van der Waals surface area contributed by atoms with E-state index in [1.165, 1.54) is 17.8 Å². The van der Waals surface area contributed by atoms with Crippen LogP contribution in [0.1, 0.15) is 21.6 Å². The van der Waals surface area contributed by atoms with Gasteiger partial charge in [0.15, 0.2) is 0 Å². The van der Waals surface area contributed by atoms with Gasteiger partial charge in [-0.05, 0) is 47.5 Å². The predicted molar refractivity (Wildman–Crippen MR) is 79.0 cm³/mol. The van der Waals surface area contributed by atoms with E-state index in [4.69, 9.17) is 16.7 Å². The van der Waals surface area contributed by atoms with Crippen molar-refractivity contribution in [1.82, 2.24) is 9.78 Å². The van der Waals surface area contributed by atoms with Crippen LogP contribution in [0, 0.1) is 13.8 Å². The minimum absolute atomic E-state index is 0.293. The van der Waals surface area contributed by atoms with Crippen molar-refractivity contribution in [2.24, 2.45) is 0 Å². The lowest BCUT2D eigenvalue weighted by atomic mass is 10.2. The minimum atomic E-state index is -1.36. The minimum Gasteiger partial charge on any atom is -0.476 e. The van der Waals surface area contributed by atoms with Crippen molar-refractivity contribution in [3.05, 3.63) is 54.9 Å². The maximum absolute atomic E-state index is 11.7. The SMILES string of the molecule is Cc1cc(Br)c(-n2cc(C)c(=O)c(C(=O)O)n2)cc1Cl. The average Bonchev–Trinajstić information content (AvgIpc) is 2.36. The van der Waals surface area contributed by atoms with E-state index < -0.39 is 17.1 Å². The fraction of sp³-hybridized carbons (Fsp3) is 0.154. The summed E-state index contributed by atoms with van der Waals surface area (Å²) >= 11 is 9.45. The highest BCUT2D eigenvalue weighted by Crippen LogP contribution is 2.27. The molecular formula is C13H10BrClN2O3. The summed E-state index contributed by atoms with van der Waals surface area (Å²) in [7, 11) is 0. The molecule has 0 spiro atoms. The summed E-state index contributed by atoms with van der Waals surface area (Å²) in [5.41, 5.74) is 0.613. The number of aromatic nitrogens is 2. The van der Waals surface area contributed by atoms with E-state index in [2.05, 4.69) is 21.0 Å². The van der Waals surface area contributed by atoms with Crippen LogP contribution in [0.15, 0.2) is 27.6 Å². The molecule has 0 atom stereocenters. The van der Waals surface area contributed by atoms with E-state index in [0.717, 1.165) is 5.56 Å². The highest BCUT2D eigenvalue weighted by Gasteiger charge is 2.15. The van der Waals surface area contributed by atoms with E-state index in [9.17, 15) is 9.59 Å². The van der Waals surface area contributed by atoms with E-state index in [1.54, 1.807) is 12.1 Å². The summed E-state index contributed by atoms with van der Waals surface area (Å²) in [6.07, 6.45) is 1.47. The van der Waals surface area contributed by atoms with Gasteiger partial charge in [0.05, 0.1) is 5.69 Å². The summed E-state index contributed by atoms with van der Waals surface area (Å²) < 4.78 is 2.03. The van der Waals surface area contributed by atoms with E-state index >= 15 is 0 Å². The molecule has 2 rings (SSSR count). The van der Waals surface area contributed by atoms with Crippen molar-refractivity contribution in [2.75, 3.05) is 0 Å². The fourth-order valence-electron chi connectivity index (χ4n) is 1.69. The van der Waals surface area contributed by atoms with Crippen LogP contribution in [-0.4, -0.2) is 20.9 Å². The van der Waals surface area contributed by atoms with E-state index in [1.807, 2.05) is 6.92 Å². The Kier molecular flexibility index (Phi) is 3.96. The quantitative estimate of drug-likeness (QED) is 0.897. The molecule has 104 valence electrons. The lowest BCUT2D eigenvalue weighted by Gasteiger charge is -2.11. The Morgan fingerprint density at radius 1 is 1.35 bits per heavy atom. The number of rotatable bonds is 2. The third-order valence-electron chi connectivity index (χ3n) is 2.77. The Morgan fingerprint density at radius 3 is 2.60 bits per heavy atom. The van der Waals surface area contributed by atoms with Crippen molar-refractivity contribution in [2.45, 2.75) is 13.8 Å². The van der Waals surface area contributed by atoms with Gasteiger partial charge in [-0.1, -0.05) is 11.6 Å². The van der Waals surface area contributed by atoms with Gasteiger partial charge >= 0.3 is 5.97 Å². The summed E-state index contributed by atoms with van der Waals surface area (Å²) in [4.78, 5) is 22.8. The van der Waals surface area contributed by atoms with Gasteiger partial charge in [0.2, 0.25) is 11.1 Å². The first kappa shape index (κ1) is 14.7. The summed E-state index contributed by atoms with van der Waals surface area (Å²) in [6.45, 7) is 3.39. The first-order valence-corrected chi connectivity index (χ1v) is 6.78. The first-order valence-electron chi connectivity index (χ1n) is 5.61. The number of halogens is 2. The molecule has 0 radical (unpaired) electrons. The average molecular weight is 358 g/mol. The van der Waals surface area contributed by atoms with Crippen LogP contribution >= 0.6 is 27.5 Å². The van der Waals surface area contributed by atoms with Crippen LogP contribution in [0.3, 0.4) is 0 Å². The maximum Gasteiger partial charge on any atom is 0.360 e. The number of hydrogen-bond donors (Lipinski definition) is 1. The van der Waals surface area contributed by atoms with E-state index in [-0.39, 0.29) is 0 Å². The Balaban J connectivity index is 2.74. The van der Waals surface area contributed by atoms with Crippen LogP contribution in [0.25, 0.3) is 5.69 Å². The number of aryl methyl sites for hydroxylation is 2. The van der Waals surface area contributed by atoms with E-state index in [0.29, 0.717) is 20.7 Å². The Morgan fingerprint density at radius 2 is 2.00 bits per heavy atom. The molecule has 0 amide bonds. The van der Waals surface area contributed by atoms with Crippen LogP contribution < -0.4 is 5.43 Å². The molecule has 1 aromatic heterocycles. The predicted octanol–water partition coefficient (Wildman–Crippen LogP) is 2.96. The molecule has 0 unspecified atom stereocenters. The molecule has 1 N–H and O–H groups in total. The number of benzene rings is 1. The summed E-state index contributed by atoms with van der Waals surface area (Å²) in [5, 5.41) is 13.4. The Hall–Kier alpha value is -1.66. The normalized spacial score (nSPS) is 10.6. The molecule has 1 aromatic carbocycles. The summed E-state index contributed by atoms with van der Waals surface area (Å²) in [5.74, 6) is -1.36. The second-order valence-electron chi connectivity index (χ2n) is 4.29. The molecule has 0 aliphatic carbocycles. The van der Waals surface area contributed by atoms with Gasteiger partial charge in [0.1, 0.15) is 0 Å². The van der Waals surface area contributed by atoms with Gasteiger partial charge in [0, 0.05) is 21.3 Å². The summed E-state index contributed by atoms with van der Waals surface area (Å²) in [6, 6.07) is 3.46. The molecule has 5 nitrogen and oxygen atoms in total. The largest absolute Gasteiger partial charge is 0.476 e. The molecule has 0 fully saturated rings. The van der Waals surface area contributed by atoms with Gasteiger partial charge in [0.25, 0.3) is 0 Å². The first-order chi connectivity index (χ1) is 9.31. The zero-order valence-electron chi connectivity index (χ0n) is 10.6. The second-order valence-corrected chi connectivity index (χ2v) is 5.55. The van der Waals surface area contributed by atoms with Crippen LogP contribution in [-0.2, 0) is 0 Å². The van der Waals surface area contributed by atoms with Crippen LogP contribution in [0.2, 0.25) is 5.02 Å². The van der Waals surface area contributed by atoms with Gasteiger partial charge < -0.3 is 5.11 Å². The van der Waals surface area contributed by atoms with Crippen molar-refractivity contribution in [3.8, 4) is 5.69 Å². The van der Waals surface area contributed by atoms with Crippen LogP contribution in [0.4, 0.5) is 0 Å². The fourth-order valence-corrected chi connectivity index (χ4v) is 2.48. The molecule has 20 heavy (non-hydrogen) atoms. The molecule has 0 aliphatic heterocycles. The standard InChI is InChI=1S/C13H10BrClN2O3/c1-6-3-8(14)10(4-9(6)15)17-5-7(2)12(18)11(16-17)13(19)20/h3-5H,1-2H3,(H,19,20). The number of aromatic carboxylic acids is 1. The molecular weight excluding hydrogens is 348 g/mol. The van der Waals surface area contributed by atoms with Crippen molar-refractivity contribution >= 4 is 33.5 Å². The topological polar surface area (TPSA) is 72.2 Å². The molecule has 0 saturated carbocycles. The molecule has 1 heterocycles. The van der Waals surface area contributed by atoms with Gasteiger partial charge in [-0.2, -0.15) is 5.10 Å². The lowest BCUT2D eigenvalue weighted by molar-refractivity contribution is 0.0686. The van der Waals surface area contributed by atoms with Crippen molar-refractivity contribution in [3.63, 3.8) is 0 Å². The monoisotopic (exact) mass is 356 g/mol. The molecule has 7 heteroatoms.